The van der Waals surface area contributed by atoms with Crippen LogP contribution in [0.2, 0.25) is 0 Å². The van der Waals surface area contributed by atoms with Crippen LogP contribution < -0.4 is 5.56 Å². The van der Waals surface area contributed by atoms with E-state index < -0.39 is 0 Å². The summed E-state index contributed by atoms with van der Waals surface area (Å²) in [6, 6.07) is 9.38. The van der Waals surface area contributed by atoms with E-state index in [2.05, 4.69) is 16.7 Å². The van der Waals surface area contributed by atoms with Crippen molar-refractivity contribution in [3.8, 4) is 0 Å². The number of furan rings is 1. The van der Waals surface area contributed by atoms with Crippen molar-refractivity contribution in [3.05, 3.63) is 64.8 Å². The number of para-hydroxylation sites is 1. The van der Waals surface area contributed by atoms with E-state index in [-0.39, 0.29) is 11.1 Å². The van der Waals surface area contributed by atoms with Crippen molar-refractivity contribution < 1.29 is 8.94 Å². The normalized spacial score (nSPS) is 11.4. The highest BCUT2D eigenvalue weighted by Gasteiger charge is 2.17. The molecule has 0 aliphatic carbocycles. The van der Waals surface area contributed by atoms with Crippen molar-refractivity contribution in [2.45, 2.75) is 24.4 Å². The highest BCUT2D eigenvalue weighted by Crippen LogP contribution is 2.28. The third-order valence-electron chi connectivity index (χ3n) is 3.78. The molecular formula is C18H15N3O3S. The minimum atomic E-state index is -0.211. The summed E-state index contributed by atoms with van der Waals surface area (Å²) in [5, 5.41) is 5.31. The van der Waals surface area contributed by atoms with Crippen LogP contribution in [0.4, 0.5) is 0 Å². The first-order chi connectivity index (χ1) is 12.2. The third-order valence-corrected chi connectivity index (χ3v) is 4.78. The molecule has 0 spiro atoms. The Balaban J connectivity index is 1.85. The zero-order chi connectivity index (χ0) is 17.4. The molecule has 4 aromatic rings. The lowest BCUT2D eigenvalue weighted by molar-refractivity contribution is 0.391. The molecule has 0 aliphatic heterocycles. The van der Waals surface area contributed by atoms with Gasteiger partial charge in [0, 0.05) is 18.0 Å². The Bertz CT molecular complexity index is 1140. The van der Waals surface area contributed by atoms with Crippen LogP contribution in [0.5, 0.6) is 0 Å². The molecule has 0 fully saturated rings. The Hall–Kier alpha value is -2.80. The van der Waals surface area contributed by atoms with Gasteiger partial charge in [-0.05, 0) is 19.1 Å². The summed E-state index contributed by atoms with van der Waals surface area (Å²) in [6.45, 7) is 5.95. The second-order valence-electron chi connectivity index (χ2n) is 5.60. The second kappa shape index (κ2) is 6.25. The van der Waals surface area contributed by atoms with Crippen LogP contribution in [-0.4, -0.2) is 14.7 Å². The first-order valence-corrected chi connectivity index (χ1v) is 8.74. The summed E-state index contributed by atoms with van der Waals surface area (Å²) in [7, 11) is 0. The Morgan fingerprint density at radius 1 is 1.36 bits per heavy atom. The van der Waals surface area contributed by atoms with Crippen LogP contribution in [0.1, 0.15) is 11.5 Å². The first kappa shape index (κ1) is 15.7. The monoisotopic (exact) mass is 353 g/mol. The molecular weight excluding hydrogens is 338 g/mol. The van der Waals surface area contributed by atoms with Gasteiger partial charge in [0.05, 0.1) is 11.4 Å². The largest absolute Gasteiger partial charge is 0.448 e. The van der Waals surface area contributed by atoms with Crippen LogP contribution in [0, 0.1) is 6.92 Å². The predicted octanol–water partition coefficient (Wildman–Crippen LogP) is 3.92. The Labute approximate surface area is 147 Å². The first-order valence-electron chi connectivity index (χ1n) is 7.75. The van der Waals surface area contributed by atoms with Crippen molar-refractivity contribution in [1.29, 1.82) is 0 Å². The van der Waals surface area contributed by atoms with Gasteiger partial charge in [-0.15, -0.1) is 6.58 Å². The number of aromatic nitrogens is 3. The molecule has 3 heterocycles. The molecule has 0 saturated heterocycles. The number of thioether (sulfide) groups is 1. The summed E-state index contributed by atoms with van der Waals surface area (Å²) in [5.41, 5.74) is 2.11. The fourth-order valence-electron chi connectivity index (χ4n) is 2.67. The van der Waals surface area contributed by atoms with E-state index in [0.29, 0.717) is 28.6 Å². The van der Waals surface area contributed by atoms with Gasteiger partial charge >= 0.3 is 0 Å². The number of fused-ring (bicyclic) bond motifs is 3. The van der Waals surface area contributed by atoms with Gasteiger partial charge in [0.25, 0.3) is 5.56 Å². The number of benzene rings is 1. The summed E-state index contributed by atoms with van der Waals surface area (Å²) in [4.78, 5) is 17.5. The van der Waals surface area contributed by atoms with Crippen LogP contribution in [-0.2, 0) is 12.3 Å². The van der Waals surface area contributed by atoms with Gasteiger partial charge in [0.15, 0.2) is 5.16 Å². The molecule has 0 unspecified atom stereocenters. The van der Waals surface area contributed by atoms with Crippen LogP contribution in [0.25, 0.3) is 22.1 Å². The second-order valence-corrected chi connectivity index (χ2v) is 6.54. The maximum Gasteiger partial charge on any atom is 0.298 e. The molecule has 3 aromatic heterocycles. The molecule has 0 aliphatic rings. The number of allylic oxidation sites excluding steroid dienone is 1. The Kier molecular flexibility index (Phi) is 3.93. The molecule has 0 N–H and O–H groups in total. The maximum atomic E-state index is 12.9. The van der Waals surface area contributed by atoms with Gasteiger partial charge in [-0.25, -0.2) is 4.98 Å². The van der Waals surface area contributed by atoms with E-state index in [1.54, 1.807) is 10.6 Å². The molecule has 6 nitrogen and oxygen atoms in total. The summed E-state index contributed by atoms with van der Waals surface area (Å²) >= 11 is 1.42. The highest BCUT2D eigenvalue weighted by molar-refractivity contribution is 7.98. The fourth-order valence-corrected chi connectivity index (χ4v) is 3.55. The lowest BCUT2D eigenvalue weighted by Crippen LogP contribution is -2.22. The maximum absolute atomic E-state index is 12.9. The molecule has 4 rings (SSSR count). The van der Waals surface area contributed by atoms with E-state index >= 15 is 0 Å². The molecule has 1 aromatic carbocycles. The molecule has 7 heteroatoms. The van der Waals surface area contributed by atoms with Crippen molar-refractivity contribution in [2.24, 2.45) is 0 Å². The minimum absolute atomic E-state index is 0.211. The lowest BCUT2D eigenvalue weighted by Gasteiger charge is -2.08. The van der Waals surface area contributed by atoms with E-state index in [4.69, 9.17) is 8.94 Å². The number of rotatable bonds is 5. The summed E-state index contributed by atoms with van der Waals surface area (Å²) in [5.74, 6) is 1.27. The highest BCUT2D eigenvalue weighted by atomic mass is 32.2. The van der Waals surface area contributed by atoms with E-state index in [9.17, 15) is 4.79 Å². The van der Waals surface area contributed by atoms with Crippen LogP contribution in [0.3, 0.4) is 0 Å². The number of hydrogen-bond donors (Lipinski definition) is 0. The average Bonchev–Trinajstić information content (AvgIpc) is 3.19. The zero-order valence-corrected chi connectivity index (χ0v) is 14.4. The van der Waals surface area contributed by atoms with Crippen molar-refractivity contribution in [1.82, 2.24) is 14.7 Å². The van der Waals surface area contributed by atoms with Gasteiger partial charge in [-0.2, -0.15) is 0 Å². The predicted molar refractivity (Wildman–Crippen MR) is 96.8 cm³/mol. The Morgan fingerprint density at radius 3 is 2.96 bits per heavy atom. The van der Waals surface area contributed by atoms with Crippen molar-refractivity contribution in [3.63, 3.8) is 0 Å². The molecule has 0 bridgehead atoms. The van der Waals surface area contributed by atoms with Gasteiger partial charge in [-0.1, -0.05) is 35.1 Å². The average molecular weight is 353 g/mol. The van der Waals surface area contributed by atoms with Gasteiger partial charge < -0.3 is 8.94 Å². The third kappa shape index (κ3) is 2.76. The number of aryl methyl sites for hydroxylation is 1. The standard InChI is InChI=1S/C18H15N3O3S/c1-3-8-21-17(22)16-15(13-6-4-5-7-14(13)23-16)19-18(21)25-10-12-9-11(2)20-24-12/h3-7,9H,1,8,10H2,2H3. The number of hydrogen-bond acceptors (Lipinski definition) is 6. The van der Waals surface area contributed by atoms with Crippen LogP contribution >= 0.6 is 11.8 Å². The minimum Gasteiger partial charge on any atom is -0.448 e. The Morgan fingerprint density at radius 2 is 2.20 bits per heavy atom. The molecule has 25 heavy (non-hydrogen) atoms. The molecule has 0 saturated carbocycles. The van der Waals surface area contributed by atoms with E-state index in [0.717, 1.165) is 16.8 Å². The van der Waals surface area contributed by atoms with Crippen LogP contribution in [0.15, 0.2) is 61.9 Å². The zero-order valence-electron chi connectivity index (χ0n) is 13.6. The van der Waals surface area contributed by atoms with E-state index in [1.807, 2.05) is 37.3 Å². The molecule has 0 radical (unpaired) electrons. The summed E-state index contributed by atoms with van der Waals surface area (Å²) in [6.07, 6.45) is 1.67. The van der Waals surface area contributed by atoms with Gasteiger partial charge in [0.2, 0.25) is 5.58 Å². The fraction of sp³-hybridized carbons (Fsp3) is 0.167. The SMILES string of the molecule is C=CCn1c(SCc2cc(C)no2)nc2c(oc3ccccc32)c1=O. The quantitative estimate of drug-likeness (QED) is 0.308. The summed E-state index contributed by atoms with van der Waals surface area (Å²) < 4.78 is 12.5. The topological polar surface area (TPSA) is 74.1 Å². The van der Waals surface area contributed by atoms with Crippen molar-refractivity contribution in [2.75, 3.05) is 0 Å². The molecule has 0 amide bonds. The van der Waals surface area contributed by atoms with Gasteiger partial charge in [-0.3, -0.25) is 9.36 Å². The smallest absolute Gasteiger partial charge is 0.298 e. The molecule has 126 valence electrons. The van der Waals surface area contributed by atoms with E-state index in [1.165, 1.54) is 11.8 Å². The molecule has 0 atom stereocenters. The lowest BCUT2D eigenvalue weighted by atomic mass is 10.2. The van der Waals surface area contributed by atoms with Gasteiger partial charge in [0.1, 0.15) is 16.9 Å². The number of nitrogens with zero attached hydrogens (tertiary/aromatic N) is 3. The van der Waals surface area contributed by atoms with Crippen molar-refractivity contribution >= 4 is 33.8 Å².